The number of aliphatic hydroxyl groups is 2. The minimum absolute atomic E-state index is 0.321. The van der Waals surface area contributed by atoms with E-state index in [0.717, 1.165) is 0 Å². The van der Waals surface area contributed by atoms with Crippen LogP contribution >= 0.6 is 0 Å². The zero-order valence-corrected chi connectivity index (χ0v) is 24.9. The Labute approximate surface area is 239 Å². The van der Waals surface area contributed by atoms with Crippen LogP contribution < -0.4 is 0 Å². The first-order valence-corrected chi connectivity index (χ1v) is 14.1. The molecule has 5 rings (SSSR count). The van der Waals surface area contributed by atoms with Gasteiger partial charge in [-0.25, -0.2) is 9.59 Å². The van der Waals surface area contributed by atoms with Crippen LogP contribution in [0.25, 0.3) is 0 Å². The largest absolute Gasteiger partial charge is 0.455 e. The van der Waals surface area contributed by atoms with Crippen LogP contribution in [-0.2, 0) is 57.0 Å². The number of hydrogen-bond acceptors (Lipinski definition) is 14. The maximum atomic E-state index is 12.1. The average Bonchev–Trinajstić information content (AvgIpc) is 3.50. The molecule has 5 saturated heterocycles. The summed E-state index contributed by atoms with van der Waals surface area (Å²) >= 11 is 0. The van der Waals surface area contributed by atoms with Crippen LogP contribution in [0.15, 0.2) is 0 Å². The van der Waals surface area contributed by atoms with Gasteiger partial charge in [0.25, 0.3) is 0 Å². The van der Waals surface area contributed by atoms with Crippen LogP contribution in [0.2, 0.25) is 0 Å². The molecule has 0 aromatic heterocycles. The van der Waals surface area contributed by atoms with E-state index in [1.165, 1.54) is 0 Å². The molecule has 2 unspecified atom stereocenters. The van der Waals surface area contributed by atoms with Crippen molar-refractivity contribution in [3.63, 3.8) is 0 Å². The molecule has 2 N–H and O–H groups in total. The number of esters is 2. The first-order chi connectivity index (χ1) is 19.1. The second kappa shape index (κ2) is 12.3. The summed E-state index contributed by atoms with van der Waals surface area (Å²) in [5.41, 5.74) is 0. The third-order valence-electron chi connectivity index (χ3n) is 7.20. The van der Waals surface area contributed by atoms with E-state index in [4.69, 9.17) is 52.5 Å². The van der Waals surface area contributed by atoms with Crippen LogP contribution in [0.1, 0.15) is 55.4 Å². The predicted octanol–water partition coefficient (Wildman–Crippen LogP) is 0.179. The fraction of sp³-hybridized carbons (Fsp3) is 0.926. The van der Waals surface area contributed by atoms with E-state index in [1.807, 2.05) is 34.6 Å². The third kappa shape index (κ3) is 7.03. The molecule has 0 aromatic carbocycles. The Kier molecular flexibility index (Phi) is 9.71. The van der Waals surface area contributed by atoms with Crippen molar-refractivity contribution in [3.05, 3.63) is 0 Å². The average molecular weight is 593 g/mol. The number of carbonyl (C=O) groups is 2. The molecule has 0 aromatic rings. The summed E-state index contributed by atoms with van der Waals surface area (Å²) in [5.74, 6) is -3.47. The smallest absolute Gasteiger partial charge is 0.338 e. The first-order valence-electron chi connectivity index (χ1n) is 14.1. The van der Waals surface area contributed by atoms with Crippen molar-refractivity contribution < 1.29 is 67.2 Å². The van der Waals surface area contributed by atoms with Crippen molar-refractivity contribution in [3.8, 4) is 0 Å². The summed E-state index contributed by atoms with van der Waals surface area (Å²) in [7, 11) is 0. The molecule has 14 nitrogen and oxygen atoms in total. The molecule has 0 spiro atoms. The molecule has 0 saturated carbocycles. The van der Waals surface area contributed by atoms with Gasteiger partial charge in [-0.05, 0) is 55.4 Å². The van der Waals surface area contributed by atoms with Crippen molar-refractivity contribution >= 4 is 11.9 Å². The lowest BCUT2D eigenvalue weighted by Gasteiger charge is -2.44. The highest BCUT2D eigenvalue weighted by Crippen LogP contribution is 2.40. The second-order valence-corrected chi connectivity index (χ2v) is 11.8. The summed E-state index contributed by atoms with van der Waals surface area (Å²) in [6.45, 7) is 14.9. The van der Waals surface area contributed by atoms with Gasteiger partial charge in [-0.2, -0.15) is 0 Å². The Morgan fingerprint density at radius 2 is 1.22 bits per heavy atom. The van der Waals surface area contributed by atoms with Gasteiger partial charge in [0.05, 0.1) is 13.2 Å². The van der Waals surface area contributed by atoms with Crippen LogP contribution in [0.5, 0.6) is 0 Å². The number of carbonyl (C=O) groups excluding carboxylic acids is 2. The molecular formula is C27H44O14. The van der Waals surface area contributed by atoms with Crippen molar-refractivity contribution in [2.75, 3.05) is 26.4 Å². The van der Waals surface area contributed by atoms with Gasteiger partial charge < -0.3 is 57.6 Å². The van der Waals surface area contributed by atoms with Crippen molar-refractivity contribution in [1.29, 1.82) is 0 Å². The van der Waals surface area contributed by atoms with E-state index in [1.54, 1.807) is 20.8 Å². The number of hydrogen-bond donors (Lipinski definition) is 2. The molecule has 5 fully saturated rings. The van der Waals surface area contributed by atoms with Crippen LogP contribution in [0.4, 0.5) is 0 Å². The van der Waals surface area contributed by atoms with Crippen LogP contribution in [-0.4, -0.2) is 127 Å². The molecule has 0 aliphatic carbocycles. The number of aliphatic hydroxyl groups excluding tert-OH is 2. The van der Waals surface area contributed by atoms with E-state index in [-0.39, 0.29) is 6.10 Å². The highest BCUT2D eigenvalue weighted by atomic mass is 16.8. The highest BCUT2D eigenvalue weighted by molar-refractivity contribution is 5.79. The second-order valence-electron chi connectivity index (χ2n) is 11.8. The molecule has 10 atom stereocenters. The molecule has 0 radical (unpaired) electrons. The normalized spacial score (nSPS) is 41.0. The monoisotopic (exact) mass is 592 g/mol. The summed E-state index contributed by atoms with van der Waals surface area (Å²) < 4.78 is 56.1. The summed E-state index contributed by atoms with van der Waals surface area (Å²) in [6.07, 6.45) is -6.81. The summed E-state index contributed by atoms with van der Waals surface area (Å²) in [5, 5.41) is 18.9. The maximum absolute atomic E-state index is 12.1. The fourth-order valence-electron chi connectivity index (χ4n) is 5.67. The number of fused-ring (bicyclic) bond motifs is 2. The SMILES string of the molecule is CCO[C@H]1C(=O)O[C@@H]2[C@H]1OC(C)(C)O[C@@H]2C(O)CO.CCO[C@H]1C(=O)O[C@@H]2[C@H]1OC(C)(C)O[C@@H]2C1COC(C)(C)O1. The van der Waals surface area contributed by atoms with Gasteiger partial charge in [0, 0.05) is 13.2 Å². The van der Waals surface area contributed by atoms with Gasteiger partial charge in [-0.15, -0.1) is 0 Å². The van der Waals surface area contributed by atoms with Gasteiger partial charge >= 0.3 is 11.9 Å². The fourth-order valence-corrected chi connectivity index (χ4v) is 5.67. The van der Waals surface area contributed by atoms with Gasteiger partial charge in [-0.3, -0.25) is 0 Å². The maximum Gasteiger partial charge on any atom is 0.338 e. The van der Waals surface area contributed by atoms with Crippen LogP contribution in [0, 0.1) is 0 Å². The van der Waals surface area contributed by atoms with Crippen molar-refractivity contribution in [1.82, 2.24) is 0 Å². The minimum atomic E-state index is -1.15. The van der Waals surface area contributed by atoms with Gasteiger partial charge in [0.2, 0.25) is 0 Å². The van der Waals surface area contributed by atoms with Gasteiger partial charge in [0.15, 0.2) is 41.8 Å². The highest BCUT2D eigenvalue weighted by Gasteiger charge is 2.60. The molecule has 236 valence electrons. The Balaban J connectivity index is 0.000000191. The Morgan fingerprint density at radius 1 is 0.732 bits per heavy atom. The molecule has 5 aliphatic rings. The zero-order chi connectivity index (χ0) is 30.3. The van der Waals surface area contributed by atoms with Gasteiger partial charge in [0.1, 0.15) is 36.6 Å². The van der Waals surface area contributed by atoms with Gasteiger partial charge in [-0.1, -0.05) is 0 Å². The molecule has 5 heterocycles. The minimum Gasteiger partial charge on any atom is -0.455 e. The Morgan fingerprint density at radius 3 is 1.71 bits per heavy atom. The Hall–Kier alpha value is -1.46. The Bertz CT molecular complexity index is 937. The van der Waals surface area contributed by atoms with Crippen molar-refractivity contribution in [2.45, 2.75) is 134 Å². The predicted molar refractivity (Wildman–Crippen MR) is 136 cm³/mol. The number of rotatable bonds is 7. The van der Waals surface area contributed by atoms with Crippen LogP contribution in [0.3, 0.4) is 0 Å². The van der Waals surface area contributed by atoms with E-state index in [2.05, 4.69) is 0 Å². The lowest BCUT2D eigenvalue weighted by molar-refractivity contribution is -0.343. The molecule has 14 heteroatoms. The quantitative estimate of drug-likeness (QED) is 0.384. The third-order valence-corrected chi connectivity index (χ3v) is 7.20. The van der Waals surface area contributed by atoms with E-state index >= 15 is 0 Å². The standard InChI is InChI=1S/C15H24O7.C12H20O7/c1-6-17-12-11-10(19-13(12)16)9(21-15(4,5)22-11)8-7-18-14(2,3)20-8;1-4-16-10-9-8(17-11(10)15)7(6(14)5-13)18-12(2,3)19-9/h8-12H,6-7H2,1-5H3;6-10,13-14H,4-5H2,1-3H3/t8?,9-,10+,11-,12-;6?,7-,8+,9-,10-/m11/s1. The molecule has 0 amide bonds. The molecule has 41 heavy (non-hydrogen) atoms. The molecule has 0 bridgehead atoms. The summed E-state index contributed by atoms with van der Waals surface area (Å²) in [4.78, 5) is 23.8. The lowest BCUT2D eigenvalue weighted by atomic mass is 9.99. The first kappa shape index (κ1) is 32.5. The van der Waals surface area contributed by atoms with Crippen molar-refractivity contribution in [2.24, 2.45) is 0 Å². The zero-order valence-electron chi connectivity index (χ0n) is 24.9. The molecule has 5 aliphatic heterocycles. The van der Waals surface area contributed by atoms with E-state index < -0.39 is 90.8 Å². The van der Waals surface area contributed by atoms with E-state index in [0.29, 0.717) is 19.8 Å². The molecular weight excluding hydrogens is 548 g/mol. The summed E-state index contributed by atoms with van der Waals surface area (Å²) in [6, 6.07) is 0. The van der Waals surface area contributed by atoms with E-state index in [9.17, 15) is 14.7 Å². The topological polar surface area (TPSA) is 167 Å². The number of ether oxygens (including phenoxy) is 10. The lowest BCUT2D eigenvalue weighted by Crippen LogP contribution is -2.59.